The van der Waals surface area contributed by atoms with Crippen LogP contribution < -0.4 is 9.47 Å². The van der Waals surface area contributed by atoms with Crippen LogP contribution in [0, 0.1) is 0 Å². The van der Waals surface area contributed by atoms with Gasteiger partial charge in [-0.25, -0.2) is 0 Å². The van der Waals surface area contributed by atoms with Gasteiger partial charge in [0.05, 0.1) is 26.7 Å². The standard InChI is InChI=1S/C35H37NO4/c1-4-40-35(37)34(26-9-6-5-7-10-26)33(27-15-19-30(39-3)20-16-27)32-12-8-11-28-24-36(22-21-31(28)32)23-25-13-17-29(38-2)18-14-25/h5-20,33-34H,4,21-24H2,1-3H3. The van der Waals surface area contributed by atoms with Crippen LogP contribution in [0.2, 0.25) is 0 Å². The topological polar surface area (TPSA) is 48.0 Å². The lowest BCUT2D eigenvalue weighted by atomic mass is 9.74. The van der Waals surface area contributed by atoms with Gasteiger partial charge in [-0.2, -0.15) is 0 Å². The molecule has 2 atom stereocenters. The van der Waals surface area contributed by atoms with Gasteiger partial charge in [0.15, 0.2) is 0 Å². The van der Waals surface area contributed by atoms with E-state index in [1.807, 2.05) is 61.5 Å². The SMILES string of the molecule is CCOC(=O)C(c1ccccc1)C(c1ccc(OC)cc1)c1cccc2c1CCN(Cc1ccc(OC)cc1)C2. The number of rotatable bonds is 10. The molecule has 0 saturated heterocycles. The van der Waals surface area contributed by atoms with E-state index in [0.717, 1.165) is 48.7 Å². The second kappa shape index (κ2) is 12.8. The highest BCUT2D eigenvalue weighted by atomic mass is 16.5. The monoisotopic (exact) mass is 535 g/mol. The van der Waals surface area contributed by atoms with Crippen molar-refractivity contribution in [2.75, 3.05) is 27.4 Å². The summed E-state index contributed by atoms with van der Waals surface area (Å²) in [6.45, 7) is 4.89. The number of carbonyl (C=O) groups excluding carboxylic acids is 1. The van der Waals surface area contributed by atoms with E-state index in [2.05, 4.69) is 47.4 Å². The first kappa shape index (κ1) is 27.5. The molecule has 4 aromatic rings. The molecule has 40 heavy (non-hydrogen) atoms. The predicted octanol–water partition coefficient (Wildman–Crippen LogP) is 6.74. The molecule has 0 bridgehead atoms. The maximum absolute atomic E-state index is 13.7. The highest BCUT2D eigenvalue weighted by Gasteiger charge is 2.36. The van der Waals surface area contributed by atoms with Gasteiger partial charge in [-0.3, -0.25) is 9.69 Å². The average Bonchev–Trinajstić information content (AvgIpc) is 3.00. The van der Waals surface area contributed by atoms with Crippen molar-refractivity contribution < 1.29 is 19.0 Å². The summed E-state index contributed by atoms with van der Waals surface area (Å²) in [7, 11) is 3.36. The van der Waals surface area contributed by atoms with E-state index in [4.69, 9.17) is 14.2 Å². The quantitative estimate of drug-likeness (QED) is 0.211. The van der Waals surface area contributed by atoms with Crippen LogP contribution in [-0.2, 0) is 29.0 Å². The molecule has 5 nitrogen and oxygen atoms in total. The van der Waals surface area contributed by atoms with E-state index in [1.165, 1.54) is 22.3 Å². The van der Waals surface area contributed by atoms with Gasteiger partial charge < -0.3 is 14.2 Å². The van der Waals surface area contributed by atoms with Gasteiger partial charge in [0.2, 0.25) is 0 Å². The van der Waals surface area contributed by atoms with Crippen LogP contribution in [0.25, 0.3) is 0 Å². The molecule has 0 aromatic heterocycles. The van der Waals surface area contributed by atoms with Crippen LogP contribution >= 0.6 is 0 Å². The Morgan fingerprint density at radius 2 is 1.48 bits per heavy atom. The van der Waals surface area contributed by atoms with E-state index in [0.29, 0.717) is 6.61 Å². The molecular weight excluding hydrogens is 498 g/mol. The Kier molecular flexibility index (Phi) is 8.82. The lowest BCUT2D eigenvalue weighted by Crippen LogP contribution is -2.32. The van der Waals surface area contributed by atoms with Crippen molar-refractivity contribution in [2.45, 2.75) is 38.3 Å². The summed E-state index contributed by atoms with van der Waals surface area (Å²) in [5.74, 6) is 0.786. The Labute approximate surface area is 237 Å². The maximum Gasteiger partial charge on any atom is 0.314 e. The zero-order valence-corrected chi connectivity index (χ0v) is 23.5. The Morgan fingerprint density at radius 3 is 2.12 bits per heavy atom. The molecule has 1 heterocycles. The third kappa shape index (κ3) is 6.05. The normalized spacial score (nSPS) is 14.6. The smallest absolute Gasteiger partial charge is 0.314 e. The first-order chi connectivity index (χ1) is 19.6. The van der Waals surface area contributed by atoms with Gasteiger partial charge in [-0.05, 0) is 71.0 Å². The third-order valence-electron chi connectivity index (χ3n) is 7.79. The minimum Gasteiger partial charge on any atom is -0.497 e. The third-order valence-corrected chi connectivity index (χ3v) is 7.79. The Morgan fingerprint density at radius 1 is 0.800 bits per heavy atom. The first-order valence-corrected chi connectivity index (χ1v) is 13.9. The van der Waals surface area contributed by atoms with E-state index >= 15 is 0 Å². The summed E-state index contributed by atoms with van der Waals surface area (Å²) in [4.78, 5) is 16.1. The molecule has 2 unspecified atom stereocenters. The number of hydrogen-bond acceptors (Lipinski definition) is 5. The molecule has 5 heteroatoms. The first-order valence-electron chi connectivity index (χ1n) is 13.9. The fourth-order valence-corrected chi connectivity index (χ4v) is 5.83. The molecule has 5 rings (SSSR count). The number of nitrogens with zero attached hydrogens (tertiary/aromatic N) is 1. The molecule has 0 fully saturated rings. The van der Waals surface area contributed by atoms with E-state index < -0.39 is 5.92 Å². The zero-order valence-electron chi connectivity index (χ0n) is 23.5. The Bertz CT molecular complexity index is 1400. The average molecular weight is 536 g/mol. The molecule has 1 aliphatic heterocycles. The number of fused-ring (bicyclic) bond motifs is 1. The van der Waals surface area contributed by atoms with Crippen molar-refractivity contribution in [3.63, 3.8) is 0 Å². The number of carbonyl (C=O) groups is 1. The van der Waals surface area contributed by atoms with Crippen LogP contribution in [0.1, 0.15) is 52.1 Å². The number of methoxy groups -OCH3 is 2. The van der Waals surface area contributed by atoms with Crippen molar-refractivity contribution in [3.8, 4) is 11.5 Å². The summed E-state index contributed by atoms with van der Waals surface area (Å²) in [5, 5.41) is 0. The van der Waals surface area contributed by atoms with Crippen molar-refractivity contribution in [2.24, 2.45) is 0 Å². The molecule has 0 amide bonds. The summed E-state index contributed by atoms with van der Waals surface area (Å²) < 4.78 is 16.5. The Balaban J connectivity index is 1.54. The molecule has 0 radical (unpaired) electrons. The van der Waals surface area contributed by atoms with E-state index in [9.17, 15) is 4.79 Å². The van der Waals surface area contributed by atoms with Gasteiger partial charge in [0.1, 0.15) is 11.5 Å². The lowest BCUT2D eigenvalue weighted by molar-refractivity contribution is -0.145. The van der Waals surface area contributed by atoms with Crippen LogP contribution in [0.15, 0.2) is 97.1 Å². The van der Waals surface area contributed by atoms with Gasteiger partial charge in [-0.15, -0.1) is 0 Å². The molecule has 206 valence electrons. The fourth-order valence-electron chi connectivity index (χ4n) is 5.83. The molecule has 0 N–H and O–H groups in total. The minimum absolute atomic E-state index is 0.199. The predicted molar refractivity (Wildman–Crippen MR) is 158 cm³/mol. The number of ether oxygens (including phenoxy) is 3. The van der Waals surface area contributed by atoms with Crippen LogP contribution in [0.4, 0.5) is 0 Å². The molecule has 0 saturated carbocycles. The number of hydrogen-bond donors (Lipinski definition) is 0. The van der Waals surface area contributed by atoms with E-state index in [1.54, 1.807) is 14.2 Å². The van der Waals surface area contributed by atoms with Crippen molar-refractivity contribution in [3.05, 3.63) is 130 Å². The largest absolute Gasteiger partial charge is 0.497 e. The van der Waals surface area contributed by atoms with E-state index in [-0.39, 0.29) is 11.9 Å². The Hall–Kier alpha value is -4.09. The maximum atomic E-state index is 13.7. The summed E-state index contributed by atoms with van der Waals surface area (Å²) in [6.07, 6.45) is 0.915. The summed E-state index contributed by atoms with van der Waals surface area (Å²) in [6, 6.07) is 33.0. The molecule has 1 aliphatic rings. The molecule has 0 aliphatic carbocycles. The van der Waals surface area contributed by atoms with Gasteiger partial charge in [0, 0.05) is 25.6 Å². The second-order valence-corrected chi connectivity index (χ2v) is 10.2. The van der Waals surface area contributed by atoms with Crippen molar-refractivity contribution in [1.82, 2.24) is 4.90 Å². The number of benzene rings is 4. The molecule has 4 aromatic carbocycles. The lowest BCUT2D eigenvalue weighted by Gasteiger charge is -2.34. The van der Waals surface area contributed by atoms with Crippen LogP contribution in [0.5, 0.6) is 11.5 Å². The van der Waals surface area contributed by atoms with Crippen LogP contribution in [-0.4, -0.2) is 38.2 Å². The summed E-state index contributed by atoms with van der Waals surface area (Å²) >= 11 is 0. The zero-order chi connectivity index (χ0) is 27.9. The van der Waals surface area contributed by atoms with Gasteiger partial charge in [-0.1, -0.05) is 72.8 Å². The molecular formula is C35H37NO4. The number of esters is 1. The second-order valence-electron chi connectivity index (χ2n) is 10.2. The highest BCUT2D eigenvalue weighted by molar-refractivity contribution is 5.81. The van der Waals surface area contributed by atoms with Crippen molar-refractivity contribution >= 4 is 5.97 Å². The molecule has 0 spiro atoms. The minimum atomic E-state index is -0.474. The van der Waals surface area contributed by atoms with Gasteiger partial charge in [0.25, 0.3) is 0 Å². The van der Waals surface area contributed by atoms with Crippen molar-refractivity contribution in [1.29, 1.82) is 0 Å². The summed E-state index contributed by atoms with van der Waals surface area (Å²) in [5.41, 5.74) is 7.12. The van der Waals surface area contributed by atoms with Gasteiger partial charge >= 0.3 is 5.97 Å². The van der Waals surface area contributed by atoms with Crippen LogP contribution in [0.3, 0.4) is 0 Å². The fraction of sp³-hybridized carbons (Fsp3) is 0.286. The highest BCUT2D eigenvalue weighted by Crippen LogP contribution is 2.43.